The molecule has 1 heterocycles. The summed E-state index contributed by atoms with van der Waals surface area (Å²) >= 11 is 4.74. The molecule has 0 amide bonds. The number of ether oxygens (including phenoxy) is 1. The molecule has 1 aliphatic rings. The van der Waals surface area contributed by atoms with Crippen molar-refractivity contribution in [3.8, 4) is 0 Å². The highest BCUT2D eigenvalue weighted by molar-refractivity contribution is 7.80. The van der Waals surface area contributed by atoms with Crippen LogP contribution in [0.4, 0.5) is 5.69 Å². The SMILES string of the molecule is O=[N+]([O-])c1ccc(C2C=NC(=S)O2)cc1. The van der Waals surface area contributed by atoms with Gasteiger partial charge in [-0.25, -0.2) is 4.99 Å². The van der Waals surface area contributed by atoms with Gasteiger partial charge >= 0.3 is 0 Å². The first-order valence-electron chi connectivity index (χ1n) is 4.16. The number of nitro groups is 1. The molecule has 1 aliphatic heterocycles. The average Bonchev–Trinajstić information content (AvgIpc) is 2.65. The summed E-state index contributed by atoms with van der Waals surface area (Å²) in [6, 6.07) is 6.10. The number of aliphatic imine (C=N–C) groups is 1. The quantitative estimate of drug-likeness (QED) is 0.436. The molecule has 0 spiro atoms. The molecule has 0 saturated carbocycles. The van der Waals surface area contributed by atoms with E-state index in [1.54, 1.807) is 18.3 Å². The minimum Gasteiger partial charge on any atom is -0.455 e. The number of non-ortho nitro benzene ring substituents is 1. The minimum absolute atomic E-state index is 0.0521. The summed E-state index contributed by atoms with van der Waals surface area (Å²) in [5.41, 5.74) is 0.848. The van der Waals surface area contributed by atoms with Gasteiger partial charge in [0, 0.05) is 12.1 Å². The standard InChI is InChI=1S/C9H6N2O3S/c12-11(13)7-3-1-6(2-4-7)8-5-10-9(15)14-8/h1-5,8H. The molecule has 1 aromatic carbocycles. The van der Waals surface area contributed by atoms with Crippen LogP contribution < -0.4 is 0 Å². The largest absolute Gasteiger partial charge is 0.455 e. The van der Waals surface area contributed by atoms with Crippen LogP contribution in [0.1, 0.15) is 11.7 Å². The van der Waals surface area contributed by atoms with Gasteiger partial charge in [-0.2, -0.15) is 0 Å². The smallest absolute Gasteiger partial charge is 0.284 e. The van der Waals surface area contributed by atoms with Crippen molar-refractivity contribution in [1.82, 2.24) is 0 Å². The third kappa shape index (κ3) is 1.99. The second-order valence-corrected chi connectivity index (χ2v) is 3.28. The molecule has 76 valence electrons. The fourth-order valence-corrected chi connectivity index (χ4v) is 1.40. The van der Waals surface area contributed by atoms with Crippen molar-refractivity contribution in [2.75, 3.05) is 0 Å². The predicted molar refractivity (Wildman–Crippen MR) is 58.0 cm³/mol. The van der Waals surface area contributed by atoms with Crippen LogP contribution in [-0.2, 0) is 4.74 Å². The number of hydrogen-bond acceptors (Lipinski definition) is 4. The molecule has 0 N–H and O–H groups in total. The van der Waals surface area contributed by atoms with Gasteiger partial charge in [0.15, 0.2) is 6.10 Å². The van der Waals surface area contributed by atoms with Gasteiger partial charge in [0.25, 0.3) is 10.9 Å². The Hall–Kier alpha value is -1.82. The second-order valence-electron chi connectivity index (χ2n) is 2.93. The second kappa shape index (κ2) is 3.74. The van der Waals surface area contributed by atoms with Crippen molar-refractivity contribution in [1.29, 1.82) is 0 Å². The van der Waals surface area contributed by atoms with Crippen LogP contribution >= 0.6 is 12.2 Å². The van der Waals surface area contributed by atoms with E-state index in [0.29, 0.717) is 0 Å². The van der Waals surface area contributed by atoms with E-state index in [-0.39, 0.29) is 17.0 Å². The highest BCUT2D eigenvalue weighted by Gasteiger charge is 2.18. The molecule has 0 aromatic heterocycles. The summed E-state index contributed by atoms with van der Waals surface area (Å²) in [5, 5.41) is 10.6. The number of thiocarbonyl (C=S) groups is 1. The van der Waals surface area contributed by atoms with Gasteiger partial charge in [-0.15, -0.1) is 0 Å². The van der Waals surface area contributed by atoms with E-state index in [2.05, 4.69) is 4.99 Å². The molecule has 1 atom stereocenters. The fraction of sp³-hybridized carbons (Fsp3) is 0.111. The summed E-state index contributed by atoms with van der Waals surface area (Å²) in [6.07, 6.45) is 1.25. The van der Waals surface area contributed by atoms with Gasteiger partial charge in [0.2, 0.25) is 0 Å². The van der Waals surface area contributed by atoms with Gasteiger partial charge in [0.05, 0.1) is 11.1 Å². The van der Waals surface area contributed by atoms with Crippen molar-refractivity contribution in [3.05, 3.63) is 39.9 Å². The van der Waals surface area contributed by atoms with Crippen molar-refractivity contribution in [3.63, 3.8) is 0 Å². The first-order valence-corrected chi connectivity index (χ1v) is 4.57. The average molecular weight is 222 g/mol. The van der Waals surface area contributed by atoms with E-state index < -0.39 is 4.92 Å². The van der Waals surface area contributed by atoms with Crippen LogP contribution in [0.15, 0.2) is 29.3 Å². The van der Waals surface area contributed by atoms with Crippen LogP contribution in [0.5, 0.6) is 0 Å². The Kier molecular flexibility index (Phi) is 2.42. The zero-order valence-corrected chi connectivity index (χ0v) is 8.31. The van der Waals surface area contributed by atoms with E-state index in [1.165, 1.54) is 12.1 Å². The molecule has 15 heavy (non-hydrogen) atoms. The molecule has 0 saturated heterocycles. The summed E-state index contributed by atoms with van der Waals surface area (Å²) in [4.78, 5) is 13.8. The molecule has 1 unspecified atom stereocenters. The summed E-state index contributed by atoms with van der Waals surface area (Å²) in [6.45, 7) is 0. The maximum absolute atomic E-state index is 10.4. The fourth-order valence-electron chi connectivity index (χ4n) is 1.24. The van der Waals surface area contributed by atoms with Crippen LogP contribution in [0, 0.1) is 10.1 Å². The molecular formula is C9H6N2O3S. The third-order valence-electron chi connectivity index (χ3n) is 1.98. The zero-order chi connectivity index (χ0) is 10.8. The van der Waals surface area contributed by atoms with Gasteiger partial charge in [-0.05, 0) is 29.9 Å². The van der Waals surface area contributed by atoms with Gasteiger partial charge in [-0.1, -0.05) is 0 Å². The number of hydrogen-bond donors (Lipinski definition) is 0. The van der Waals surface area contributed by atoms with Crippen molar-refractivity contribution in [2.45, 2.75) is 6.10 Å². The van der Waals surface area contributed by atoms with Crippen LogP contribution in [0.2, 0.25) is 0 Å². The Bertz CT molecular complexity index is 441. The summed E-state index contributed by atoms with van der Waals surface area (Å²) < 4.78 is 5.19. The lowest BCUT2D eigenvalue weighted by Crippen LogP contribution is -2.00. The Morgan fingerprint density at radius 2 is 2.07 bits per heavy atom. The highest BCUT2D eigenvalue weighted by atomic mass is 32.1. The van der Waals surface area contributed by atoms with Gasteiger partial charge in [-0.3, -0.25) is 10.1 Å². The van der Waals surface area contributed by atoms with Crippen LogP contribution in [0.3, 0.4) is 0 Å². The maximum atomic E-state index is 10.4. The molecular weight excluding hydrogens is 216 g/mol. The lowest BCUT2D eigenvalue weighted by molar-refractivity contribution is -0.384. The van der Waals surface area contributed by atoms with E-state index >= 15 is 0 Å². The molecule has 6 heteroatoms. The topological polar surface area (TPSA) is 64.7 Å². The Morgan fingerprint density at radius 3 is 2.53 bits per heavy atom. The van der Waals surface area contributed by atoms with E-state index in [1.807, 2.05) is 0 Å². The number of rotatable bonds is 2. The summed E-state index contributed by atoms with van der Waals surface area (Å²) in [5.74, 6) is 0. The van der Waals surface area contributed by atoms with Gasteiger partial charge in [0.1, 0.15) is 0 Å². The predicted octanol–water partition coefficient (Wildman–Crippen LogP) is 2.02. The van der Waals surface area contributed by atoms with Crippen LogP contribution in [-0.4, -0.2) is 16.3 Å². The third-order valence-corrected chi connectivity index (χ3v) is 2.18. The molecule has 0 fully saturated rings. The normalized spacial score (nSPS) is 18.9. The maximum Gasteiger partial charge on any atom is 0.284 e. The molecule has 1 aromatic rings. The highest BCUT2D eigenvalue weighted by Crippen LogP contribution is 2.22. The Balaban J connectivity index is 2.21. The Labute approximate surface area is 90.5 Å². The minimum atomic E-state index is -0.446. The first kappa shape index (κ1) is 9.72. The first-order chi connectivity index (χ1) is 7.16. The van der Waals surface area contributed by atoms with E-state index in [0.717, 1.165) is 5.56 Å². The number of nitro benzene ring substituents is 1. The molecule has 0 bridgehead atoms. The summed E-state index contributed by atoms with van der Waals surface area (Å²) in [7, 11) is 0. The zero-order valence-electron chi connectivity index (χ0n) is 7.49. The van der Waals surface area contributed by atoms with Gasteiger partial charge < -0.3 is 4.74 Å². The van der Waals surface area contributed by atoms with E-state index in [4.69, 9.17) is 17.0 Å². The number of benzene rings is 1. The van der Waals surface area contributed by atoms with Crippen molar-refractivity contribution >= 4 is 29.3 Å². The van der Waals surface area contributed by atoms with E-state index in [9.17, 15) is 10.1 Å². The monoisotopic (exact) mass is 222 g/mol. The molecule has 2 rings (SSSR count). The number of nitrogens with zero attached hydrogens (tertiary/aromatic N) is 2. The van der Waals surface area contributed by atoms with Crippen molar-refractivity contribution < 1.29 is 9.66 Å². The lowest BCUT2D eigenvalue weighted by atomic mass is 10.1. The van der Waals surface area contributed by atoms with Crippen LogP contribution in [0.25, 0.3) is 0 Å². The molecule has 0 radical (unpaired) electrons. The molecule has 0 aliphatic carbocycles. The molecule has 5 nitrogen and oxygen atoms in total. The van der Waals surface area contributed by atoms with Crippen molar-refractivity contribution in [2.24, 2.45) is 4.99 Å². The Morgan fingerprint density at radius 1 is 1.40 bits per heavy atom. The lowest BCUT2D eigenvalue weighted by Gasteiger charge is -2.06.